The number of thiazole rings is 1. The summed E-state index contributed by atoms with van der Waals surface area (Å²) in [5.74, 6) is -0.469. The molecule has 190 valence electrons. The molecule has 0 radical (unpaired) electrons. The van der Waals surface area contributed by atoms with Crippen LogP contribution in [0.25, 0.3) is 10.6 Å². The lowest BCUT2D eigenvalue weighted by Gasteiger charge is -2.24. The average molecular weight is 519 g/mol. The first kappa shape index (κ1) is 24.6. The van der Waals surface area contributed by atoms with E-state index in [1.807, 2.05) is 12.3 Å². The van der Waals surface area contributed by atoms with E-state index in [2.05, 4.69) is 20.3 Å². The number of aromatic nitrogens is 3. The Morgan fingerprint density at radius 3 is 2.47 bits per heavy atom. The number of benzene rings is 1. The third-order valence-corrected chi connectivity index (χ3v) is 7.54. The van der Waals surface area contributed by atoms with Crippen molar-refractivity contribution in [3.63, 3.8) is 0 Å². The summed E-state index contributed by atoms with van der Waals surface area (Å²) >= 11 is 1.63. The van der Waals surface area contributed by atoms with E-state index in [1.165, 1.54) is 24.1 Å². The molecule has 0 atom stereocenters. The van der Waals surface area contributed by atoms with E-state index in [-0.39, 0.29) is 18.6 Å². The minimum absolute atomic E-state index is 0.00367. The number of hydrogen-bond donors (Lipinski definition) is 1. The molecule has 1 aliphatic carbocycles. The molecule has 1 saturated heterocycles. The number of nitrogens with zero attached hydrogens (tertiary/aromatic N) is 3. The van der Waals surface area contributed by atoms with Gasteiger partial charge < -0.3 is 14.8 Å². The van der Waals surface area contributed by atoms with Crippen LogP contribution in [-0.2, 0) is 17.5 Å². The van der Waals surface area contributed by atoms with Crippen LogP contribution in [0.3, 0.4) is 0 Å². The topological polar surface area (TPSA) is 86.2 Å². The van der Waals surface area contributed by atoms with Gasteiger partial charge in [0.15, 0.2) is 0 Å². The Balaban J connectivity index is 1.34. The lowest BCUT2D eigenvalue weighted by Crippen LogP contribution is -2.26. The van der Waals surface area contributed by atoms with Crippen LogP contribution in [0.15, 0.2) is 36.8 Å². The molecule has 3 heterocycles. The largest absolute Gasteiger partial charge is 0.490 e. The number of nitrogens with one attached hydrogen (secondary N) is 1. The Labute approximate surface area is 210 Å². The molecule has 1 aliphatic heterocycles. The van der Waals surface area contributed by atoms with Gasteiger partial charge in [-0.15, -0.1) is 11.3 Å². The molecule has 0 bridgehead atoms. The van der Waals surface area contributed by atoms with Gasteiger partial charge in [0, 0.05) is 59.5 Å². The number of carbonyl (C=O) groups is 1. The molecule has 5 rings (SSSR count). The highest BCUT2D eigenvalue weighted by Gasteiger charge is 2.34. The number of alkyl halides is 3. The Morgan fingerprint density at radius 2 is 1.81 bits per heavy atom. The quantitative estimate of drug-likeness (QED) is 0.452. The summed E-state index contributed by atoms with van der Waals surface area (Å²) in [5.41, 5.74) is 1.53. The molecule has 1 N–H and O–H groups in total. The van der Waals surface area contributed by atoms with Gasteiger partial charge >= 0.3 is 6.18 Å². The minimum Gasteiger partial charge on any atom is -0.490 e. The number of hydrogen-bond acceptors (Lipinski definition) is 7. The number of rotatable bonds is 7. The molecular weight excluding hydrogens is 493 g/mol. The first-order valence-electron chi connectivity index (χ1n) is 11.9. The zero-order chi connectivity index (χ0) is 25.1. The second-order valence-corrected chi connectivity index (χ2v) is 10.0. The van der Waals surface area contributed by atoms with Gasteiger partial charge in [-0.05, 0) is 37.0 Å². The van der Waals surface area contributed by atoms with Crippen LogP contribution in [0, 0.1) is 0 Å². The van der Waals surface area contributed by atoms with Gasteiger partial charge in [-0.3, -0.25) is 4.79 Å². The van der Waals surface area contributed by atoms with Crippen molar-refractivity contribution < 1.29 is 27.4 Å². The Morgan fingerprint density at radius 1 is 1.06 bits per heavy atom. The zero-order valence-electron chi connectivity index (χ0n) is 19.4. The molecule has 1 saturated carbocycles. The van der Waals surface area contributed by atoms with Gasteiger partial charge in [-0.2, -0.15) is 13.2 Å². The monoisotopic (exact) mass is 518 g/mol. The van der Waals surface area contributed by atoms with Crippen molar-refractivity contribution in [2.75, 3.05) is 13.2 Å². The highest BCUT2D eigenvalue weighted by Crippen LogP contribution is 2.41. The normalized spacial score (nSPS) is 17.0. The van der Waals surface area contributed by atoms with E-state index >= 15 is 0 Å². The maximum Gasteiger partial charge on any atom is 0.451 e. The van der Waals surface area contributed by atoms with E-state index in [9.17, 15) is 18.0 Å². The number of ether oxygens (including phenoxy) is 2. The number of amides is 1. The minimum atomic E-state index is -4.61. The third kappa shape index (κ3) is 5.84. The molecule has 36 heavy (non-hydrogen) atoms. The summed E-state index contributed by atoms with van der Waals surface area (Å²) in [4.78, 5) is 25.5. The van der Waals surface area contributed by atoms with Crippen molar-refractivity contribution in [2.24, 2.45) is 0 Å². The fraction of sp³-hybridized carbons (Fsp3) is 0.440. The van der Waals surface area contributed by atoms with E-state index in [1.54, 1.807) is 23.5 Å². The summed E-state index contributed by atoms with van der Waals surface area (Å²) in [7, 11) is 0. The van der Waals surface area contributed by atoms with Crippen LogP contribution in [0.1, 0.15) is 64.6 Å². The van der Waals surface area contributed by atoms with Crippen molar-refractivity contribution in [1.82, 2.24) is 20.3 Å². The van der Waals surface area contributed by atoms with E-state index in [4.69, 9.17) is 9.47 Å². The van der Waals surface area contributed by atoms with Gasteiger partial charge in [0.2, 0.25) is 5.82 Å². The zero-order valence-corrected chi connectivity index (χ0v) is 20.2. The van der Waals surface area contributed by atoms with Crippen LogP contribution in [0.5, 0.6) is 5.75 Å². The highest BCUT2D eigenvalue weighted by molar-refractivity contribution is 7.15. The molecule has 7 nitrogen and oxygen atoms in total. The summed E-state index contributed by atoms with van der Waals surface area (Å²) < 4.78 is 49.7. The van der Waals surface area contributed by atoms with Crippen LogP contribution in [-0.4, -0.2) is 40.2 Å². The van der Waals surface area contributed by atoms with Crippen LogP contribution < -0.4 is 10.1 Å². The molecule has 2 aliphatic rings. The molecule has 1 amide bonds. The van der Waals surface area contributed by atoms with Gasteiger partial charge in [0.1, 0.15) is 16.9 Å². The molecule has 2 aromatic heterocycles. The summed E-state index contributed by atoms with van der Waals surface area (Å²) in [6, 6.07) is 5.34. The number of carbonyl (C=O) groups excluding carboxylic acids is 1. The van der Waals surface area contributed by atoms with E-state index in [0.29, 0.717) is 36.0 Å². The lowest BCUT2D eigenvalue weighted by molar-refractivity contribution is -0.145. The van der Waals surface area contributed by atoms with E-state index < -0.39 is 12.0 Å². The van der Waals surface area contributed by atoms with Crippen LogP contribution in [0.4, 0.5) is 13.2 Å². The highest BCUT2D eigenvalue weighted by atomic mass is 32.1. The molecule has 2 fully saturated rings. The molecular formula is C25H25F3N4O3S. The van der Waals surface area contributed by atoms with Gasteiger partial charge in [-0.25, -0.2) is 15.0 Å². The van der Waals surface area contributed by atoms with Crippen molar-refractivity contribution in [2.45, 2.75) is 56.8 Å². The second-order valence-electron chi connectivity index (χ2n) is 8.97. The summed E-state index contributed by atoms with van der Waals surface area (Å²) in [6.07, 6.45) is 4.54. The van der Waals surface area contributed by atoms with Crippen molar-refractivity contribution >= 4 is 17.2 Å². The van der Waals surface area contributed by atoms with Crippen molar-refractivity contribution in [1.29, 1.82) is 0 Å². The summed E-state index contributed by atoms with van der Waals surface area (Å²) in [5, 5.41) is 3.55. The maximum absolute atomic E-state index is 13.0. The van der Waals surface area contributed by atoms with Crippen LogP contribution >= 0.6 is 11.3 Å². The smallest absolute Gasteiger partial charge is 0.451 e. The molecule has 11 heteroatoms. The molecule has 0 unspecified atom stereocenters. The van der Waals surface area contributed by atoms with E-state index in [0.717, 1.165) is 35.8 Å². The maximum atomic E-state index is 13.0. The van der Waals surface area contributed by atoms with Crippen molar-refractivity contribution in [3.05, 3.63) is 58.6 Å². The second kappa shape index (κ2) is 10.5. The predicted octanol–water partition coefficient (Wildman–Crippen LogP) is 5.37. The summed E-state index contributed by atoms with van der Waals surface area (Å²) in [6.45, 7) is 1.24. The first-order valence-corrected chi connectivity index (χ1v) is 12.7. The van der Waals surface area contributed by atoms with Crippen molar-refractivity contribution in [3.8, 4) is 16.3 Å². The molecule has 1 aromatic carbocycles. The van der Waals surface area contributed by atoms with Crippen LogP contribution in [0.2, 0.25) is 0 Å². The van der Waals surface area contributed by atoms with Gasteiger partial charge in [-0.1, -0.05) is 6.42 Å². The Kier molecular flexibility index (Phi) is 7.20. The SMILES string of the molecule is O=C(NCc1cnc(C(F)(F)F)nc1)c1cc(OC2CCOCC2)cc(-c2ncc(C3CCC3)s2)c1. The Hall–Kier alpha value is -3.05. The Bertz CT molecular complexity index is 1210. The third-order valence-electron chi connectivity index (χ3n) is 6.33. The number of halogens is 3. The fourth-order valence-corrected chi connectivity index (χ4v) is 5.16. The lowest BCUT2D eigenvalue weighted by atomic mass is 9.85. The standard InChI is InChI=1S/C25H25F3N4O3S/c26-25(27,28)24-31-12-15(13-32-24)11-29-22(33)17-8-18(23-30-14-21(36-23)16-2-1-3-16)10-20(9-17)35-19-4-6-34-7-5-19/h8-10,12-14,16,19H,1-7,11H2,(H,29,33). The fourth-order valence-electron chi connectivity index (χ4n) is 4.09. The first-order chi connectivity index (χ1) is 17.3. The molecule has 3 aromatic rings. The predicted molar refractivity (Wildman–Crippen MR) is 127 cm³/mol. The average Bonchev–Trinajstić information content (AvgIpc) is 3.31. The van der Waals surface area contributed by atoms with Gasteiger partial charge in [0.05, 0.1) is 13.2 Å². The van der Waals surface area contributed by atoms with Gasteiger partial charge in [0.25, 0.3) is 5.91 Å². The molecule has 0 spiro atoms.